The summed E-state index contributed by atoms with van der Waals surface area (Å²) in [6.07, 6.45) is 1.98. The third-order valence-corrected chi connectivity index (χ3v) is 4.22. The molecule has 1 heterocycles. The fourth-order valence-electron chi connectivity index (χ4n) is 2.51. The number of amides is 1. The molecule has 2 aliphatic rings. The predicted molar refractivity (Wildman–Crippen MR) is 72.3 cm³/mol. The normalized spacial score (nSPS) is 23.4. The van der Waals surface area contributed by atoms with Crippen molar-refractivity contribution < 1.29 is 4.79 Å². The molecular weight excluding hydrogens is 228 g/mol. The second-order valence-corrected chi connectivity index (χ2v) is 5.92. The Morgan fingerprint density at radius 3 is 2.28 bits per heavy atom. The Hall–Kier alpha value is -0.650. The summed E-state index contributed by atoms with van der Waals surface area (Å²) < 4.78 is 0. The molecule has 2 rings (SSSR count). The van der Waals surface area contributed by atoms with Crippen LogP contribution >= 0.6 is 0 Å². The summed E-state index contributed by atoms with van der Waals surface area (Å²) in [6.45, 7) is 6.44. The molecule has 0 spiro atoms. The van der Waals surface area contributed by atoms with Crippen LogP contribution in [0, 0.1) is 5.41 Å². The van der Waals surface area contributed by atoms with Crippen LogP contribution in [0.1, 0.15) is 12.8 Å². The van der Waals surface area contributed by atoms with Gasteiger partial charge in [0.2, 0.25) is 5.91 Å². The summed E-state index contributed by atoms with van der Waals surface area (Å²) in [4.78, 5) is 19.0. The Balaban J connectivity index is 1.75. The number of rotatable bonds is 5. The molecule has 2 N–H and O–H groups in total. The van der Waals surface area contributed by atoms with E-state index < -0.39 is 0 Å². The fraction of sp³-hybridized carbons (Fsp3) is 0.923. The lowest BCUT2D eigenvalue weighted by atomic mass is 10.1. The number of hydrogen-bond donors (Lipinski definition) is 1. The average molecular weight is 254 g/mol. The lowest BCUT2D eigenvalue weighted by molar-refractivity contribution is -0.138. The van der Waals surface area contributed by atoms with E-state index >= 15 is 0 Å². The van der Waals surface area contributed by atoms with Crippen LogP contribution in [0.25, 0.3) is 0 Å². The molecule has 1 saturated carbocycles. The monoisotopic (exact) mass is 254 g/mol. The summed E-state index contributed by atoms with van der Waals surface area (Å²) in [5, 5.41) is 0. The number of piperazine rings is 1. The quantitative estimate of drug-likeness (QED) is 0.714. The van der Waals surface area contributed by atoms with E-state index in [0.717, 1.165) is 52.1 Å². The molecule has 0 aromatic carbocycles. The zero-order valence-electron chi connectivity index (χ0n) is 11.7. The molecule has 0 bridgehead atoms. The smallest absolute Gasteiger partial charge is 0.230 e. The van der Waals surface area contributed by atoms with Gasteiger partial charge < -0.3 is 15.5 Å². The molecule has 0 atom stereocenters. The molecule has 5 heteroatoms. The maximum Gasteiger partial charge on any atom is 0.230 e. The van der Waals surface area contributed by atoms with Gasteiger partial charge in [-0.25, -0.2) is 0 Å². The van der Waals surface area contributed by atoms with Gasteiger partial charge in [-0.1, -0.05) is 0 Å². The highest BCUT2D eigenvalue weighted by Gasteiger charge is 2.50. The zero-order valence-corrected chi connectivity index (χ0v) is 11.7. The van der Waals surface area contributed by atoms with Crippen LogP contribution in [0.4, 0.5) is 0 Å². The molecule has 1 amide bonds. The number of nitrogens with two attached hydrogens (primary N) is 1. The van der Waals surface area contributed by atoms with E-state index in [1.165, 1.54) is 0 Å². The van der Waals surface area contributed by atoms with Crippen LogP contribution in [0.2, 0.25) is 0 Å². The van der Waals surface area contributed by atoms with E-state index in [1.54, 1.807) is 0 Å². The van der Waals surface area contributed by atoms with Crippen molar-refractivity contribution in [2.24, 2.45) is 11.1 Å². The molecule has 0 radical (unpaired) electrons. The highest BCUT2D eigenvalue weighted by atomic mass is 16.2. The van der Waals surface area contributed by atoms with E-state index in [0.29, 0.717) is 12.5 Å². The minimum atomic E-state index is -0.175. The van der Waals surface area contributed by atoms with Crippen LogP contribution < -0.4 is 5.73 Å². The van der Waals surface area contributed by atoms with Gasteiger partial charge in [-0.15, -0.1) is 0 Å². The van der Waals surface area contributed by atoms with E-state index in [9.17, 15) is 4.79 Å². The standard InChI is InChI=1S/C13H26N4O/c1-15(2)5-6-16-7-9-17(10-8-16)12(18)13(11-14)3-4-13/h3-11,14H2,1-2H3. The Kier molecular flexibility index (Phi) is 4.25. The summed E-state index contributed by atoms with van der Waals surface area (Å²) in [7, 11) is 4.19. The number of nitrogens with zero attached hydrogens (tertiary/aromatic N) is 3. The SMILES string of the molecule is CN(C)CCN1CCN(C(=O)C2(CN)CC2)CC1. The van der Waals surface area contributed by atoms with Gasteiger partial charge in [0.1, 0.15) is 0 Å². The van der Waals surface area contributed by atoms with Gasteiger partial charge in [0.25, 0.3) is 0 Å². The van der Waals surface area contributed by atoms with Crippen molar-refractivity contribution in [3.8, 4) is 0 Å². The molecule has 104 valence electrons. The van der Waals surface area contributed by atoms with Crippen molar-refractivity contribution in [1.29, 1.82) is 0 Å². The third kappa shape index (κ3) is 3.02. The predicted octanol–water partition coefficient (Wildman–Crippen LogP) is -0.569. The molecular formula is C13H26N4O. The van der Waals surface area contributed by atoms with Gasteiger partial charge in [0.05, 0.1) is 5.41 Å². The molecule has 1 saturated heterocycles. The molecule has 18 heavy (non-hydrogen) atoms. The minimum Gasteiger partial charge on any atom is -0.340 e. The van der Waals surface area contributed by atoms with E-state index in [2.05, 4.69) is 23.9 Å². The van der Waals surface area contributed by atoms with E-state index in [-0.39, 0.29) is 5.41 Å². The van der Waals surface area contributed by atoms with Gasteiger partial charge in [-0.05, 0) is 26.9 Å². The third-order valence-electron chi connectivity index (χ3n) is 4.22. The van der Waals surface area contributed by atoms with E-state index in [1.807, 2.05) is 4.90 Å². The number of carbonyl (C=O) groups excluding carboxylic acids is 1. The Labute approximate surface area is 110 Å². The number of carbonyl (C=O) groups is 1. The Morgan fingerprint density at radius 2 is 1.83 bits per heavy atom. The number of likely N-dealkylation sites (N-methyl/N-ethyl adjacent to an activating group) is 1. The molecule has 1 aliphatic carbocycles. The second-order valence-electron chi connectivity index (χ2n) is 5.92. The topological polar surface area (TPSA) is 52.8 Å². The Bertz CT molecular complexity index is 293. The van der Waals surface area contributed by atoms with Crippen LogP contribution in [0.3, 0.4) is 0 Å². The van der Waals surface area contributed by atoms with Gasteiger partial charge in [0.15, 0.2) is 0 Å². The largest absolute Gasteiger partial charge is 0.340 e. The summed E-state index contributed by atoms with van der Waals surface area (Å²) in [6, 6.07) is 0. The van der Waals surface area contributed by atoms with Crippen LogP contribution in [-0.4, -0.2) is 80.5 Å². The highest BCUT2D eigenvalue weighted by molar-refractivity contribution is 5.85. The molecule has 0 unspecified atom stereocenters. The van der Waals surface area contributed by atoms with Crippen molar-refractivity contribution >= 4 is 5.91 Å². The highest BCUT2D eigenvalue weighted by Crippen LogP contribution is 2.46. The maximum atomic E-state index is 12.3. The van der Waals surface area contributed by atoms with Crippen LogP contribution in [0.15, 0.2) is 0 Å². The molecule has 1 aliphatic heterocycles. The van der Waals surface area contributed by atoms with Gasteiger partial charge in [0, 0.05) is 45.8 Å². The second kappa shape index (κ2) is 5.55. The van der Waals surface area contributed by atoms with Gasteiger partial charge in [-0.3, -0.25) is 9.69 Å². The van der Waals surface area contributed by atoms with Crippen molar-refractivity contribution in [3.63, 3.8) is 0 Å². The van der Waals surface area contributed by atoms with E-state index in [4.69, 9.17) is 5.73 Å². The van der Waals surface area contributed by atoms with Crippen molar-refractivity contribution in [2.75, 3.05) is 59.9 Å². The molecule has 2 fully saturated rings. The summed E-state index contributed by atoms with van der Waals surface area (Å²) in [5.74, 6) is 0.303. The fourth-order valence-corrected chi connectivity index (χ4v) is 2.51. The van der Waals surface area contributed by atoms with Crippen molar-refractivity contribution in [2.45, 2.75) is 12.8 Å². The average Bonchev–Trinajstić information content (AvgIpc) is 3.17. The lowest BCUT2D eigenvalue weighted by Gasteiger charge is -2.36. The minimum absolute atomic E-state index is 0.175. The first-order chi connectivity index (χ1) is 8.57. The first-order valence-electron chi connectivity index (χ1n) is 6.94. The van der Waals surface area contributed by atoms with Crippen molar-refractivity contribution in [3.05, 3.63) is 0 Å². The first-order valence-corrected chi connectivity index (χ1v) is 6.94. The summed E-state index contributed by atoms with van der Waals surface area (Å²) >= 11 is 0. The Morgan fingerprint density at radius 1 is 1.22 bits per heavy atom. The maximum absolute atomic E-state index is 12.3. The van der Waals surface area contributed by atoms with Crippen LogP contribution in [-0.2, 0) is 4.79 Å². The first kappa shape index (κ1) is 13.8. The van der Waals surface area contributed by atoms with Crippen LogP contribution in [0.5, 0.6) is 0 Å². The zero-order chi connectivity index (χ0) is 13.2. The lowest BCUT2D eigenvalue weighted by Crippen LogP contribution is -2.52. The molecule has 5 nitrogen and oxygen atoms in total. The summed E-state index contributed by atoms with van der Waals surface area (Å²) in [5.41, 5.74) is 5.55. The molecule has 0 aromatic heterocycles. The van der Waals surface area contributed by atoms with Gasteiger partial charge >= 0.3 is 0 Å². The van der Waals surface area contributed by atoms with Crippen molar-refractivity contribution in [1.82, 2.24) is 14.7 Å². The van der Waals surface area contributed by atoms with Gasteiger partial charge in [-0.2, -0.15) is 0 Å². The number of hydrogen-bond acceptors (Lipinski definition) is 4. The molecule has 0 aromatic rings.